The van der Waals surface area contributed by atoms with Crippen molar-refractivity contribution in [3.05, 3.63) is 57.5 Å². The zero-order valence-corrected chi connectivity index (χ0v) is 12.0. The molecule has 0 unspecified atom stereocenters. The molecule has 1 heterocycles. The summed E-state index contributed by atoms with van der Waals surface area (Å²) in [7, 11) is 0. The van der Waals surface area contributed by atoms with Gasteiger partial charge in [-0.1, -0.05) is 11.8 Å². The summed E-state index contributed by atoms with van der Waals surface area (Å²) >= 11 is 1.49. The standard InChI is InChI=1S/C16H14FNO2S/c17-13-6-4-12(5-7-13)16(20)18-11-15-9-8-14(21-15)3-1-2-10-19/h4-9,19H,2,10-11H2,(H,18,20). The van der Waals surface area contributed by atoms with E-state index in [4.69, 9.17) is 5.11 Å². The van der Waals surface area contributed by atoms with Crippen molar-refractivity contribution in [2.24, 2.45) is 0 Å². The lowest BCUT2D eigenvalue weighted by molar-refractivity contribution is 0.0951. The Morgan fingerprint density at radius 2 is 2.00 bits per heavy atom. The molecule has 2 rings (SSSR count). The van der Waals surface area contributed by atoms with Gasteiger partial charge in [0.15, 0.2) is 0 Å². The van der Waals surface area contributed by atoms with Crippen molar-refractivity contribution < 1.29 is 14.3 Å². The molecule has 1 aromatic heterocycles. The molecular weight excluding hydrogens is 289 g/mol. The van der Waals surface area contributed by atoms with E-state index in [0.29, 0.717) is 18.5 Å². The van der Waals surface area contributed by atoms with Crippen LogP contribution in [0.15, 0.2) is 36.4 Å². The highest BCUT2D eigenvalue weighted by Gasteiger charge is 2.06. The van der Waals surface area contributed by atoms with Gasteiger partial charge in [-0.05, 0) is 36.4 Å². The number of hydrogen-bond donors (Lipinski definition) is 2. The lowest BCUT2D eigenvalue weighted by Crippen LogP contribution is -2.22. The third kappa shape index (κ3) is 4.71. The number of benzene rings is 1. The van der Waals surface area contributed by atoms with Crippen LogP contribution in [-0.4, -0.2) is 17.6 Å². The maximum Gasteiger partial charge on any atom is 0.251 e. The quantitative estimate of drug-likeness (QED) is 0.853. The van der Waals surface area contributed by atoms with Crippen LogP contribution in [0.1, 0.15) is 26.5 Å². The normalized spacial score (nSPS) is 9.81. The summed E-state index contributed by atoms with van der Waals surface area (Å²) in [6, 6.07) is 9.20. The second-order valence-electron chi connectivity index (χ2n) is 4.23. The SMILES string of the molecule is O=C(NCc1ccc(C#CCCO)s1)c1ccc(F)cc1. The molecule has 5 heteroatoms. The van der Waals surface area contributed by atoms with Gasteiger partial charge in [-0.3, -0.25) is 4.79 Å². The van der Waals surface area contributed by atoms with E-state index in [0.717, 1.165) is 9.75 Å². The summed E-state index contributed by atoms with van der Waals surface area (Å²) < 4.78 is 12.8. The smallest absolute Gasteiger partial charge is 0.251 e. The van der Waals surface area contributed by atoms with Gasteiger partial charge in [-0.15, -0.1) is 11.3 Å². The van der Waals surface area contributed by atoms with E-state index in [-0.39, 0.29) is 18.3 Å². The Morgan fingerprint density at radius 3 is 2.71 bits per heavy atom. The number of amides is 1. The van der Waals surface area contributed by atoms with E-state index in [2.05, 4.69) is 17.2 Å². The molecule has 1 amide bonds. The van der Waals surface area contributed by atoms with Crippen LogP contribution in [0, 0.1) is 17.7 Å². The second-order valence-corrected chi connectivity index (χ2v) is 5.40. The third-order valence-electron chi connectivity index (χ3n) is 2.64. The van der Waals surface area contributed by atoms with Gasteiger partial charge in [0.05, 0.1) is 18.0 Å². The highest BCUT2D eigenvalue weighted by molar-refractivity contribution is 7.12. The topological polar surface area (TPSA) is 49.3 Å². The van der Waals surface area contributed by atoms with Gasteiger partial charge in [0.25, 0.3) is 5.91 Å². The van der Waals surface area contributed by atoms with E-state index >= 15 is 0 Å². The third-order valence-corrected chi connectivity index (χ3v) is 3.64. The van der Waals surface area contributed by atoms with Crippen LogP contribution in [0.4, 0.5) is 4.39 Å². The van der Waals surface area contributed by atoms with E-state index in [1.807, 2.05) is 12.1 Å². The van der Waals surface area contributed by atoms with Crippen molar-refractivity contribution >= 4 is 17.2 Å². The van der Waals surface area contributed by atoms with Gasteiger partial charge in [0, 0.05) is 16.9 Å². The van der Waals surface area contributed by atoms with Gasteiger partial charge >= 0.3 is 0 Å². The molecule has 0 atom stereocenters. The first kappa shape index (κ1) is 15.2. The number of thiophene rings is 1. The zero-order valence-electron chi connectivity index (χ0n) is 11.2. The van der Waals surface area contributed by atoms with Crippen LogP contribution >= 0.6 is 11.3 Å². The van der Waals surface area contributed by atoms with Gasteiger partial charge < -0.3 is 10.4 Å². The first-order chi connectivity index (χ1) is 10.2. The predicted octanol–water partition coefficient (Wildman–Crippen LogP) is 2.55. The van der Waals surface area contributed by atoms with Crippen LogP contribution in [0.25, 0.3) is 0 Å². The van der Waals surface area contributed by atoms with E-state index in [1.54, 1.807) is 0 Å². The van der Waals surface area contributed by atoms with Gasteiger partial charge in [0.1, 0.15) is 5.82 Å². The van der Waals surface area contributed by atoms with Crippen molar-refractivity contribution in [3.8, 4) is 11.8 Å². The van der Waals surface area contributed by atoms with Crippen molar-refractivity contribution in [2.75, 3.05) is 6.61 Å². The Balaban J connectivity index is 1.90. The minimum atomic E-state index is -0.365. The monoisotopic (exact) mass is 303 g/mol. The van der Waals surface area contributed by atoms with E-state index < -0.39 is 0 Å². The largest absolute Gasteiger partial charge is 0.395 e. The molecule has 0 saturated heterocycles. The molecule has 0 spiro atoms. The Bertz CT molecular complexity index is 668. The fourth-order valence-corrected chi connectivity index (χ4v) is 2.44. The van der Waals surface area contributed by atoms with Crippen molar-refractivity contribution in [1.82, 2.24) is 5.32 Å². The maximum atomic E-state index is 12.8. The number of rotatable bonds is 4. The Labute approximate surface area is 126 Å². The molecule has 0 radical (unpaired) electrons. The average molecular weight is 303 g/mol. The molecule has 3 nitrogen and oxygen atoms in total. The number of carbonyl (C=O) groups is 1. The minimum Gasteiger partial charge on any atom is -0.395 e. The summed E-state index contributed by atoms with van der Waals surface area (Å²) in [5, 5.41) is 11.4. The predicted molar refractivity (Wildman–Crippen MR) is 80.5 cm³/mol. The second kappa shape index (κ2) is 7.58. The molecule has 0 aliphatic carbocycles. The van der Waals surface area contributed by atoms with E-state index in [1.165, 1.54) is 35.6 Å². The molecule has 2 aromatic rings. The number of carbonyl (C=O) groups excluding carboxylic acids is 1. The molecule has 0 bridgehead atoms. The fourth-order valence-electron chi connectivity index (χ4n) is 1.62. The number of aliphatic hydroxyl groups excluding tert-OH is 1. The van der Waals surface area contributed by atoms with Crippen LogP contribution in [0.2, 0.25) is 0 Å². The Hall–Kier alpha value is -2.16. The highest BCUT2D eigenvalue weighted by Crippen LogP contribution is 2.15. The molecule has 1 aromatic carbocycles. The molecule has 0 fully saturated rings. The Kier molecular flexibility index (Phi) is 5.50. The summed E-state index contributed by atoms with van der Waals surface area (Å²) in [4.78, 5) is 13.7. The minimum absolute atomic E-state index is 0.0545. The fraction of sp³-hybridized carbons (Fsp3) is 0.188. The maximum absolute atomic E-state index is 12.8. The van der Waals surface area contributed by atoms with Gasteiger partial charge in [-0.2, -0.15) is 0 Å². The van der Waals surface area contributed by atoms with Crippen LogP contribution in [-0.2, 0) is 6.54 Å². The van der Waals surface area contributed by atoms with Gasteiger partial charge in [0.2, 0.25) is 0 Å². The van der Waals surface area contributed by atoms with Gasteiger partial charge in [-0.25, -0.2) is 4.39 Å². The summed E-state index contributed by atoms with van der Waals surface area (Å²) in [5.74, 6) is 5.19. The zero-order chi connectivity index (χ0) is 15.1. The van der Waals surface area contributed by atoms with Crippen molar-refractivity contribution in [3.63, 3.8) is 0 Å². The first-order valence-electron chi connectivity index (χ1n) is 6.41. The molecule has 21 heavy (non-hydrogen) atoms. The molecule has 2 N–H and O–H groups in total. The summed E-state index contributed by atoms with van der Waals surface area (Å²) in [6.45, 7) is 0.460. The number of aliphatic hydroxyl groups is 1. The first-order valence-corrected chi connectivity index (χ1v) is 7.23. The summed E-state index contributed by atoms with van der Waals surface area (Å²) in [6.07, 6.45) is 0.453. The Morgan fingerprint density at radius 1 is 1.24 bits per heavy atom. The average Bonchev–Trinajstić information content (AvgIpc) is 2.94. The molecular formula is C16H14FNO2S. The van der Waals surface area contributed by atoms with Crippen molar-refractivity contribution in [1.29, 1.82) is 0 Å². The highest BCUT2D eigenvalue weighted by atomic mass is 32.1. The number of halogens is 1. The van der Waals surface area contributed by atoms with Crippen LogP contribution in [0.5, 0.6) is 0 Å². The lowest BCUT2D eigenvalue weighted by Gasteiger charge is -2.03. The molecule has 108 valence electrons. The van der Waals surface area contributed by atoms with E-state index in [9.17, 15) is 9.18 Å². The van der Waals surface area contributed by atoms with Crippen LogP contribution < -0.4 is 5.32 Å². The van der Waals surface area contributed by atoms with Crippen molar-refractivity contribution in [2.45, 2.75) is 13.0 Å². The molecule has 0 aliphatic rings. The molecule has 0 aliphatic heterocycles. The number of hydrogen-bond acceptors (Lipinski definition) is 3. The molecule has 0 saturated carbocycles. The summed E-state index contributed by atoms with van der Waals surface area (Å²) in [5.41, 5.74) is 0.427. The van der Waals surface area contributed by atoms with Crippen LogP contribution in [0.3, 0.4) is 0 Å². The number of nitrogens with one attached hydrogen (secondary N) is 1. The lowest BCUT2D eigenvalue weighted by atomic mass is 10.2.